The monoisotopic (exact) mass is 464 g/mol. The van der Waals surface area contributed by atoms with Gasteiger partial charge in [0, 0.05) is 12.7 Å². The van der Waals surface area contributed by atoms with Gasteiger partial charge in [-0.2, -0.15) is 10.2 Å². The molecule has 0 spiro atoms. The zero-order chi connectivity index (χ0) is 23.5. The number of amides is 2. The number of carbonyl (C=O) groups is 2. The molecule has 3 heterocycles. The van der Waals surface area contributed by atoms with E-state index in [1.807, 2.05) is 13.0 Å². The Morgan fingerprint density at radius 3 is 2.67 bits per heavy atom. The summed E-state index contributed by atoms with van der Waals surface area (Å²) in [5.74, 6) is -0.450. The summed E-state index contributed by atoms with van der Waals surface area (Å²) in [7, 11) is 0. The van der Waals surface area contributed by atoms with E-state index in [1.54, 1.807) is 49.0 Å². The van der Waals surface area contributed by atoms with Crippen LogP contribution in [0.5, 0.6) is 0 Å². The highest BCUT2D eigenvalue weighted by Crippen LogP contribution is 2.26. The van der Waals surface area contributed by atoms with Crippen LogP contribution in [-0.4, -0.2) is 47.9 Å². The van der Waals surface area contributed by atoms with Crippen LogP contribution in [0.3, 0.4) is 0 Å². The van der Waals surface area contributed by atoms with Crippen molar-refractivity contribution in [2.45, 2.75) is 20.8 Å². The number of benzene rings is 1. The highest BCUT2D eigenvalue weighted by molar-refractivity contribution is 6.32. The van der Waals surface area contributed by atoms with Crippen LogP contribution in [-0.2, 0) is 0 Å². The average molecular weight is 465 g/mol. The van der Waals surface area contributed by atoms with Gasteiger partial charge < -0.3 is 10.6 Å². The number of anilines is 1. The molecular weight excluding hydrogens is 444 g/mol. The van der Waals surface area contributed by atoms with E-state index in [1.165, 1.54) is 17.3 Å². The quantitative estimate of drug-likeness (QED) is 0.452. The Labute approximate surface area is 194 Å². The van der Waals surface area contributed by atoms with Crippen LogP contribution < -0.4 is 10.6 Å². The van der Waals surface area contributed by atoms with Gasteiger partial charge in [-0.25, -0.2) is 19.3 Å². The number of rotatable bonds is 6. The first kappa shape index (κ1) is 22.2. The van der Waals surface area contributed by atoms with E-state index < -0.39 is 5.91 Å². The molecule has 4 aromatic rings. The molecule has 1 aromatic carbocycles. The fourth-order valence-electron chi connectivity index (χ4n) is 3.38. The topological polar surface area (TPSA) is 120 Å². The Morgan fingerprint density at radius 2 is 1.97 bits per heavy atom. The van der Waals surface area contributed by atoms with Crippen LogP contribution in [0.25, 0.3) is 11.5 Å². The number of carbonyl (C=O) groups excluding carboxylic acids is 2. The van der Waals surface area contributed by atoms with Gasteiger partial charge in [-0.1, -0.05) is 11.6 Å². The van der Waals surface area contributed by atoms with Gasteiger partial charge in [-0.15, -0.1) is 0 Å². The summed E-state index contributed by atoms with van der Waals surface area (Å²) in [4.78, 5) is 34.4. The molecule has 0 aliphatic rings. The largest absolute Gasteiger partial charge is 0.352 e. The first-order valence-corrected chi connectivity index (χ1v) is 10.5. The Hall–Kier alpha value is -4.05. The number of pyridine rings is 1. The lowest BCUT2D eigenvalue weighted by atomic mass is 10.0. The van der Waals surface area contributed by atoms with Gasteiger partial charge in [0.25, 0.3) is 11.8 Å². The lowest BCUT2D eigenvalue weighted by Gasteiger charge is -2.16. The minimum absolute atomic E-state index is 0.231. The van der Waals surface area contributed by atoms with Crippen molar-refractivity contribution in [3.05, 3.63) is 76.7 Å². The van der Waals surface area contributed by atoms with Crippen molar-refractivity contribution in [2.24, 2.45) is 0 Å². The molecule has 4 rings (SSSR count). The molecule has 0 radical (unpaired) electrons. The van der Waals surface area contributed by atoms with Gasteiger partial charge in [0.15, 0.2) is 5.82 Å². The van der Waals surface area contributed by atoms with E-state index in [0.29, 0.717) is 45.6 Å². The molecular formula is C22H21ClN8O2. The first-order chi connectivity index (χ1) is 15.9. The predicted molar refractivity (Wildman–Crippen MR) is 123 cm³/mol. The Kier molecular flexibility index (Phi) is 6.18. The van der Waals surface area contributed by atoms with Crippen molar-refractivity contribution in [1.82, 2.24) is 34.8 Å². The zero-order valence-electron chi connectivity index (χ0n) is 18.2. The van der Waals surface area contributed by atoms with Gasteiger partial charge in [0.2, 0.25) is 0 Å². The van der Waals surface area contributed by atoms with Gasteiger partial charge in [0.05, 0.1) is 27.7 Å². The first-order valence-electron chi connectivity index (χ1n) is 10.2. The molecule has 0 aliphatic heterocycles. The summed E-state index contributed by atoms with van der Waals surface area (Å²) in [6, 6.07) is 8.46. The second kappa shape index (κ2) is 9.21. The molecule has 0 saturated carbocycles. The average Bonchev–Trinajstić information content (AvgIpc) is 3.45. The summed E-state index contributed by atoms with van der Waals surface area (Å²) in [5.41, 5.74) is 2.85. The second-order valence-electron chi connectivity index (χ2n) is 7.23. The van der Waals surface area contributed by atoms with Crippen LogP contribution in [0.1, 0.15) is 39.0 Å². The van der Waals surface area contributed by atoms with Crippen molar-refractivity contribution >= 4 is 29.1 Å². The number of aryl methyl sites for hydroxylation is 2. The van der Waals surface area contributed by atoms with E-state index in [4.69, 9.17) is 11.6 Å². The maximum Gasteiger partial charge on any atom is 0.274 e. The number of halogens is 1. The van der Waals surface area contributed by atoms with Gasteiger partial charge in [-0.05, 0) is 56.7 Å². The normalized spacial score (nSPS) is 10.8. The molecule has 33 heavy (non-hydrogen) atoms. The number of aromatic nitrogens is 6. The molecule has 3 aromatic heterocycles. The Balaban J connectivity index is 1.76. The molecule has 10 nitrogen and oxygen atoms in total. The van der Waals surface area contributed by atoms with Crippen molar-refractivity contribution < 1.29 is 9.59 Å². The fourth-order valence-corrected chi connectivity index (χ4v) is 3.58. The van der Waals surface area contributed by atoms with Crippen molar-refractivity contribution in [2.75, 3.05) is 11.9 Å². The SMILES string of the molecule is CCNC(=O)c1cc(-n2cncn2)cc(C)c1NC(=O)c1cc(C)nn1-c1ncccc1Cl. The van der Waals surface area contributed by atoms with E-state index in [-0.39, 0.29) is 11.6 Å². The van der Waals surface area contributed by atoms with Crippen LogP contribution in [0.15, 0.2) is 49.2 Å². The van der Waals surface area contributed by atoms with Crippen molar-refractivity contribution in [3.8, 4) is 11.5 Å². The second-order valence-corrected chi connectivity index (χ2v) is 7.64. The van der Waals surface area contributed by atoms with Crippen LogP contribution in [0.4, 0.5) is 5.69 Å². The Bertz CT molecular complexity index is 1330. The van der Waals surface area contributed by atoms with Crippen molar-refractivity contribution in [1.29, 1.82) is 0 Å². The lowest BCUT2D eigenvalue weighted by molar-refractivity contribution is 0.0956. The van der Waals surface area contributed by atoms with Crippen LogP contribution in [0, 0.1) is 13.8 Å². The smallest absolute Gasteiger partial charge is 0.274 e. The maximum atomic E-state index is 13.3. The molecule has 2 N–H and O–H groups in total. The highest BCUT2D eigenvalue weighted by Gasteiger charge is 2.22. The predicted octanol–water partition coefficient (Wildman–Crippen LogP) is 3.12. The molecule has 0 saturated heterocycles. The standard InChI is InChI=1S/C22H21ClN8O2/c1-4-25-21(32)16-10-15(30-12-24-11-27-30)8-13(2)19(16)28-22(33)18-9-14(3)29-31(18)20-17(23)6-5-7-26-20/h5-12H,4H2,1-3H3,(H,25,32)(H,28,33). The molecule has 2 amide bonds. The van der Waals surface area contributed by atoms with Gasteiger partial charge >= 0.3 is 0 Å². The Morgan fingerprint density at radius 1 is 1.15 bits per heavy atom. The van der Waals surface area contributed by atoms with Crippen LogP contribution >= 0.6 is 11.6 Å². The number of hydrogen-bond donors (Lipinski definition) is 2. The fraction of sp³-hybridized carbons (Fsp3) is 0.182. The van der Waals surface area contributed by atoms with E-state index in [9.17, 15) is 9.59 Å². The minimum Gasteiger partial charge on any atom is -0.352 e. The summed E-state index contributed by atoms with van der Waals surface area (Å²) >= 11 is 6.28. The zero-order valence-corrected chi connectivity index (χ0v) is 19.0. The third-order valence-corrected chi connectivity index (χ3v) is 5.12. The van der Waals surface area contributed by atoms with Crippen LogP contribution in [0.2, 0.25) is 5.02 Å². The molecule has 0 aliphatic carbocycles. The lowest BCUT2D eigenvalue weighted by Crippen LogP contribution is -2.26. The molecule has 168 valence electrons. The summed E-state index contributed by atoms with van der Waals surface area (Å²) in [6.07, 6.45) is 4.51. The van der Waals surface area contributed by atoms with Gasteiger partial charge in [-0.3, -0.25) is 9.59 Å². The third kappa shape index (κ3) is 4.46. The summed E-state index contributed by atoms with van der Waals surface area (Å²) in [6.45, 7) is 5.82. The maximum absolute atomic E-state index is 13.3. The van der Waals surface area contributed by atoms with E-state index in [0.717, 1.165) is 0 Å². The number of nitrogens with one attached hydrogen (secondary N) is 2. The molecule has 0 unspecified atom stereocenters. The molecule has 0 bridgehead atoms. The third-order valence-electron chi connectivity index (χ3n) is 4.83. The molecule has 0 fully saturated rings. The van der Waals surface area contributed by atoms with Gasteiger partial charge in [0.1, 0.15) is 18.3 Å². The summed E-state index contributed by atoms with van der Waals surface area (Å²) < 4.78 is 2.93. The minimum atomic E-state index is -0.459. The highest BCUT2D eigenvalue weighted by atomic mass is 35.5. The van der Waals surface area contributed by atoms with E-state index >= 15 is 0 Å². The molecule has 0 atom stereocenters. The number of hydrogen-bond acceptors (Lipinski definition) is 6. The van der Waals surface area contributed by atoms with E-state index in [2.05, 4.69) is 30.8 Å². The molecule has 11 heteroatoms. The van der Waals surface area contributed by atoms with Crippen molar-refractivity contribution in [3.63, 3.8) is 0 Å². The summed E-state index contributed by atoms with van der Waals surface area (Å²) in [5, 5.41) is 14.5. The number of nitrogens with zero attached hydrogens (tertiary/aromatic N) is 6.